The van der Waals surface area contributed by atoms with E-state index in [4.69, 9.17) is 4.74 Å². The molecular formula is C16H25N7O. The molecule has 2 aromatic heterocycles. The van der Waals surface area contributed by atoms with Crippen molar-refractivity contribution in [3.8, 4) is 6.01 Å². The molecular weight excluding hydrogens is 306 g/mol. The van der Waals surface area contributed by atoms with Crippen molar-refractivity contribution >= 4 is 11.9 Å². The number of nitrogens with zero attached hydrogens (tertiary/aromatic N) is 6. The van der Waals surface area contributed by atoms with Crippen LogP contribution >= 0.6 is 0 Å². The number of hydrogen-bond donors (Lipinski definition) is 1. The number of hydrogen-bond acceptors (Lipinski definition) is 7. The Morgan fingerprint density at radius 1 is 1.12 bits per heavy atom. The highest BCUT2D eigenvalue weighted by atomic mass is 16.5. The summed E-state index contributed by atoms with van der Waals surface area (Å²) in [6.45, 7) is 4.01. The Hall–Kier alpha value is -2.38. The molecule has 1 aliphatic rings. The predicted molar refractivity (Wildman–Crippen MR) is 92.3 cm³/mol. The third-order valence-electron chi connectivity index (χ3n) is 4.25. The smallest absolute Gasteiger partial charge is 0.322 e. The Morgan fingerprint density at radius 3 is 2.50 bits per heavy atom. The Balaban J connectivity index is 1.80. The van der Waals surface area contributed by atoms with Gasteiger partial charge in [0.25, 0.3) is 0 Å². The number of aromatic nitrogens is 5. The van der Waals surface area contributed by atoms with Gasteiger partial charge in [0.05, 0.1) is 19.3 Å². The minimum Gasteiger partial charge on any atom is -0.467 e. The molecule has 3 rings (SSSR count). The minimum atomic E-state index is 0.0442. The zero-order valence-electron chi connectivity index (χ0n) is 14.6. The third-order valence-corrected chi connectivity index (χ3v) is 4.25. The van der Waals surface area contributed by atoms with Gasteiger partial charge in [-0.3, -0.25) is 4.68 Å². The highest BCUT2D eigenvalue weighted by Gasteiger charge is 2.17. The van der Waals surface area contributed by atoms with Gasteiger partial charge >= 0.3 is 6.01 Å². The van der Waals surface area contributed by atoms with E-state index >= 15 is 0 Å². The lowest BCUT2D eigenvalue weighted by molar-refractivity contribution is 0.378. The Labute approximate surface area is 142 Å². The van der Waals surface area contributed by atoms with Gasteiger partial charge in [-0.1, -0.05) is 12.8 Å². The van der Waals surface area contributed by atoms with E-state index in [1.165, 1.54) is 25.7 Å². The van der Waals surface area contributed by atoms with Gasteiger partial charge in [0.1, 0.15) is 0 Å². The fraction of sp³-hybridized carbons (Fsp3) is 0.625. The van der Waals surface area contributed by atoms with Crippen LogP contribution in [-0.4, -0.2) is 44.9 Å². The van der Waals surface area contributed by atoms with E-state index in [1.54, 1.807) is 11.8 Å². The highest BCUT2D eigenvalue weighted by Crippen LogP contribution is 2.21. The summed E-state index contributed by atoms with van der Waals surface area (Å²) in [6, 6.07) is 0.382. The molecule has 8 nitrogen and oxygen atoms in total. The lowest BCUT2D eigenvalue weighted by atomic mass is 10.2. The summed E-state index contributed by atoms with van der Waals surface area (Å²) in [7, 11) is 3.48. The molecule has 24 heavy (non-hydrogen) atoms. The van der Waals surface area contributed by atoms with E-state index in [1.807, 2.05) is 19.4 Å². The van der Waals surface area contributed by atoms with E-state index < -0.39 is 0 Å². The average Bonchev–Trinajstić information content (AvgIpc) is 2.85. The number of rotatable bonds is 5. The van der Waals surface area contributed by atoms with Crippen LogP contribution in [0.25, 0.3) is 0 Å². The number of methoxy groups -OCH3 is 1. The number of ether oxygens (including phenoxy) is 1. The fourth-order valence-electron chi connectivity index (χ4n) is 2.85. The lowest BCUT2D eigenvalue weighted by Crippen LogP contribution is -2.27. The van der Waals surface area contributed by atoms with Crippen molar-refractivity contribution in [3.05, 3.63) is 18.0 Å². The molecule has 0 unspecified atom stereocenters. The van der Waals surface area contributed by atoms with Crippen LogP contribution in [0.3, 0.4) is 0 Å². The van der Waals surface area contributed by atoms with Crippen molar-refractivity contribution in [3.63, 3.8) is 0 Å². The summed E-state index contributed by atoms with van der Waals surface area (Å²) in [5.41, 5.74) is 1.08. The normalized spacial score (nSPS) is 16.5. The van der Waals surface area contributed by atoms with Crippen LogP contribution in [0.5, 0.6) is 6.01 Å². The van der Waals surface area contributed by atoms with Crippen molar-refractivity contribution in [2.75, 3.05) is 30.4 Å². The second-order valence-electron chi connectivity index (χ2n) is 6.16. The van der Waals surface area contributed by atoms with Crippen molar-refractivity contribution in [1.82, 2.24) is 24.7 Å². The first-order valence-corrected chi connectivity index (χ1v) is 8.46. The first-order chi connectivity index (χ1) is 11.7. The standard InChI is InChI=1S/C16H25N7O/c1-12(13-10-17-22(2)11-13)18-14-19-15(21-16(20-14)24-3)23-8-6-4-5-7-9-23/h10-12H,4-9H2,1-3H3,(H,18,19,20,21)/t12-/m1/s1. The summed E-state index contributed by atoms with van der Waals surface area (Å²) in [5, 5.41) is 7.52. The van der Waals surface area contributed by atoms with E-state index in [9.17, 15) is 0 Å². The maximum Gasteiger partial charge on any atom is 0.322 e. The predicted octanol–water partition coefficient (Wildman–Crippen LogP) is 2.17. The molecule has 0 amide bonds. The average molecular weight is 331 g/mol. The topological polar surface area (TPSA) is 81.0 Å². The molecule has 2 aromatic rings. The minimum absolute atomic E-state index is 0.0442. The first-order valence-electron chi connectivity index (χ1n) is 8.46. The van der Waals surface area contributed by atoms with Crippen LogP contribution in [0.2, 0.25) is 0 Å². The van der Waals surface area contributed by atoms with Gasteiger partial charge in [-0.25, -0.2) is 0 Å². The molecule has 0 aliphatic carbocycles. The van der Waals surface area contributed by atoms with Crippen molar-refractivity contribution in [1.29, 1.82) is 0 Å². The summed E-state index contributed by atoms with van der Waals surface area (Å²) in [4.78, 5) is 15.6. The lowest BCUT2D eigenvalue weighted by Gasteiger charge is -2.21. The summed E-state index contributed by atoms with van der Waals surface area (Å²) >= 11 is 0. The number of nitrogens with one attached hydrogen (secondary N) is 1. The molecule has 1 aliphatic heterocycles. The van der Waals surface area contributed by atoms with Gasteiger partial charge < -0.3 is 15.0 Å². The molecule has 3 heterocycles. The van der Waals surface area contributed by atoms with Gasteiger partial charge in [0.2, 0.25) is 11.9 Å². The summed E-state index contributed by atoms with van der Waals surface area (Å²) in [6.07, 6.45) is 8.69. The summed E-state index contributed by atoms with van der Waals surface area (Å²) < 4.78 is 7.05. The SMILES string of the molecule is COc1nc(N[C@H](C)c2cnn(C)c2)nc(N2CCCCCC2)n1. The number of anilines is 2. The van der Waals surface area contributed by atoms with Crippen LogP contribution < -0.4 is 15.0 Å². The molecule has 1 atom stereocenters. The van der Waals surface area contributed by atoms with Gasteiger partial charge in [0.15, 0.2) is 0 Å². The van der Waals surface area contributed by atoms with E-state index in [0.717, 1.165) is 18.7 Å². The van der Waals surface area contributed by atoms with Crippen molar-refractivity contribution in [2.24, 2.45) is 7.05 Å². The largest absolute Gasteiger partial charge is 0.467 e. The molecule has 1 N–H and O–H groups in total. The Morgan fingerprint density at radius 2 is 1.88 bits per heavy atom. The van der Waals surface area contributed by atoms with E-state index in [2.05, 4.69) is 37.2 Å². The van der Waals surface area contributed by atoms with Gasteiger partial charge in [0, 0.05) is 31.9 Å². The molecule has 1 fully saturated rings. The van der Waals surface area contributed by atoms with Crippen LogP contribution in [-0.2, 0) is 7.05 Å². The van der Waals surface area contributed by atoms with Crippen LogP contribution in [0.15, 0.2) is 12.4 Å². The molecule has 0 spiro atoms. The highest BCUT2D eigenvalue weighted by molar-refractivity contribution is 5.40. The van der Waals surface area contributed by atoms with Crippen LogP contribution in [0.1, 0.15) is 44.2 Å². The Kier molecular flexibility index (Phi) is 5.12. The second kappa shape index (κ2) is 7.46. The maximum absolute atomic E-state index is 5.26. The van der Waals surface area contributed by atoms with E-state index in [0.29, 0.717) is 17.9 Å². The third kappa shape index (κ3) is 3.93. The zero-order valence-corrected chi connectivity index (χ0v) is 14.6. The van der Waals surface area contributed by atoms with Crippen molar-refractivity contribution < 1.29 is 4.74 Å². The molecule has 1 saturated heterocycles. The Bertz CT molecular complexity index is 664. The fourth-order valence-corrected chi connectivity index (χ4v) is 2.85. The van der Waals surface area contributed by atoms with Crippen LogP contribution in [0, 0.1) is 0 Å². The quantitative estimate of drug-likeness (QED) is 0.899. The first kappa shape index (κ1) is 16.5. The zero-order chi connectivity index (χ0) is 16.9. The van der Waals surface area contributed by atoms with Crippen molar-refractivity contribution in [2.45, 2.75) is 38.6 Å². The number of aryl methyl sites for hydroxylation is 1. The molecule has 0 bridgehead atoms. The monoisotopic (exact) mass is 331 g/mol. The maximum atomic E-state index is 5.26. The van der Waals surface area contributed by atoms with E-state index in [-0.39, 0.29) is 6.04 Å². The molecule has 130 valence electrons. The molecule has 0 radical (unpaired) electrons. The van der Waals surface area contributed by atoms with Gasteiger partial charge in [-0.05, 0) is 19.8 Å². The van der Waals surface area contributed by atoms with Gasteiger partial charge in [-0.15, -0.1) is 0 Å². The van der Waals surface area contributed by atoms with Gasteiger partial charge in [-0.2, -0.15) is 20.1 Å². The second-order valence-corrected chi connectivity index (χ2v) is 6.16. The molecule has 0 aromatic carbocycles. The molecule has 0 saturated carbocycles. The molecule has 8 heteroatoms. The van der Waals surface area contributed by atoms with Crippen LogP contribution in [0.4, 0.5) is 11.9 Å². The summed E-state index contributed by atoms with van der Waals surface area (Å²) in [5.74, 6) is 1.21.